The van der Waals surface area contributed by atoms with E-state index in [0.29, 0.717) is 5.06 Å². The molecule has 6 N–H and O–H groups in total. The minimum absolute atomic E-state index is 0.111. The van der Waals surface area contributed by atoms with Gasteiger partial charge in [-0.1, -0.05) is 0 Å². The van der Waals surface area contributed by atoms with Gasteiger partial charge in [0.05, 0.1) is 14.4 Å². The number of aromatic amines is 1. The largest absolute Gasteiger partial charge is 0.790 e. The average Bonchev–Trinajstić information content (AvgIpc) is 2.95. The van der Waals surface area contributed by atoms with Crippen molar-refractivity contribution in [3.8, 4) is 0 Å². The van der Waals surface area contributed by atoms with Gasteiger partial charge in [0.25, 0.3) is 5.56 Å². The van der Waals surface area contributed by atoms with Crippen molar-refractivity contribution < 1.29 is 39.0 Å². The van der Waals surface area contributed by atoms with Crippen molar-refractivity contribution in [2.75, 3.05) is 29.0 Å². The molecule has 1 fully saturated rings. The first-order valence-corrected chi connectivity index (χ1v) is 8.35. The molecule has 15 heteroatoms. The van der Waals surface area contributed by atoms with E-state index in [0.717, 1.165) is 4.90 Å². The first-order chi connectivity index (χ1) is 11.6. The molecule has 1 aromatic rings. The van der Waals surface area contributed by atoms with Gasteiger partial charge in [0, 0.05) is 0 Å². The fourth-order valence-electron chi connectivity index (χ4n) is 2.68. The van der Waals surface area contributed by atoms with Crippen LogP contribution in [0.5, 0.6) is 0 Å². The number of hydrogen-bond acceptors (Lipinski definition) is 13. The standard InChI is InChI=1S/C10H16N5O9P/c11-10-12-7-4(8(18)13-10)15(19)2-14(7)9-6(17)5(16)3(24-9)1-23-25(20,21)22/h3,5-6,9,16-17,19H,1-2H2,(H2,20,21,22)(H3,11,12,13,18)/p-2/t3-,5-,6-,9-/m1/s1. The molecule has 0 spiro atoms. The monoisotopic (exact) mass is 379 g/mol. The zero-order valence-corrected chi connectivity index (χ0v) is 13.3. The van der Waals surface area contributed by atoms with Gasteiger partial charge < -0.3 is 44.5 Å². The topological polar surface area (TPSA) is 221 Å². The summed E-state index contributed by atoms with van der Waals surface area (Å²) >= 11 is 0. The second-order valence-electron chi connectivity index (χ2n) is 5.42. The highest BCUT2D eigenvalue weighted by Gasteiger charge is 2.49. The first-order valence-electron chi connectivity index (χ1n) is 6.89. The molecular formula is C10H14N5O9P-2. The van der Waals surface area contributed by atoms with E-state index in [-0.39, 0.29) is 24.1 Å². The number of rotatable bonds is 4. The summed E-state index contributed by atoms with van der Waals surface area (Å²) in [6, 6.07) is 0. The van der Waals surface area contributed by atoms with Gasteiger partial charge in [0.2, 0.25) is 5.95 Å². The van der Waals surface area contributed by atoms with Crippen molar-refractivity contribution in [2.24, 2.45) is 0 Å². The molecule has 1 saturated heterocycles. The molecule has 0 radical (unpaired) electrons. The molecule has 0 aromatic carbocycles. The molecule has 3 rings (SSSR count). The maximum absolute atomic E-state index is 11.8. The van der Waals surface area contributed by atoms with Crippen molar-refractivity contribution in [2.45, 2.75) is 24.5 Å². The minimum atomic E-state index is -5.29. The van der Waals surface area contributed by atoms with E-state index in [1.807, 2.05) is 0 Å². The molecule has 25 heavy (non-hydrogen) atoms. The van der Waals surface area contributed by atoms with Crippen LogP contribution in [0.1, 0.15) is 0 Å². The smallest absolute Gasteiger partial charge is 0.280 e. The lowest BCUT2D eigenvalue weighted by molar-refractivity contribution is -0.343. The van der Waals surface area contributed by atoms with Crippen LogP contribution < -0.4 is 31.0 Å². The van der Waals surface area contributed by atoms with Crippen LogP contribution in [0.25, 0.3) is 0 Å². The summed E-state index contributed by atoms with van der Waals surface area (Å²) in [5.41, 5.74) is 4.47. The molecule has 0 saturated carbocycles. The van der Waals surface area contributed by atoms with Crippen LogP contribution in [-0.2, 0) is 13.8 Å². The van der Waals surface area contributed by atoms with Crippen LogP contribution >= 0.6 is 7.82 Å². The number of aromatic nitrogens is 2. The molecular weight excluding hydrogens is 365 g/mol. The normalized spacial score (nSPS) is 29.3. The molecule has 2 aliphatic rings. The number of nitrogens with two attached hydrogens (primary N) is 1. The van der Waals surface area contributed by atoms with Gasteiger partial charge in [-0.15, -0.1) is 0 Å². The summed E-state index contributed by atoms with van der Waals surface area (Å²) in [6.07, 6.45) is -5.82. The molecule has 0 aliphatic carbocycles. The van der Waals surface area contributed by atoms with Crippen LogP contribution in [0.15, 0.2) is 4.79 Å². The van der Waals surface area contributed by atoms with E-state index in [4.69, 9.17) is 10.5 Å². The van der Waals surface area contributed by atoms with E-state index in [1.54, 1.807) is 0 Å². The number of ether oxygens (including phenoxy) is 1. The Hall–Kier alpha value is -1.77. The quantitative estimate of drug-likeness (QED) is 0.312. The first kappa shape index (κ1) is 18.0. The zero-order chi connectivity index (χ0) is 18.5. The summed E-state index contributed by atoms with van der Waals surface area (Å²) in [4.78, 5) is 40.1. The fraction of sp³-hybridized carbons (Fsp3) is 0.600. The Labute approximate surface area is 139 Å². The van der Waals surface area contributed by atoms with E-state index in [1.165, 1.54) is 0 Å². The van der Waals surface area contributed by atoms with Gasteiger partial charge in [-0.3, -0.25) is 15.0 Å². The van der Waals surface area contributed by atoms with Gasteiger partial charge in [0.1, 0.15) is 25.0 Å². The highest BCUT2D eigenvalue weighted by molar-refractivity contribution is 7.43. The number of anilines is 3. The predicted octanol–water partition coefficient (Wildman–Crippen LogP) is -4.38. The SMILES string of the molecule is Nc1nc2c(c(=O)[nH]1)N(O)CN2[C@@H]1O[C@H](COP(=O)([O-])[O-])[C@@H](O)[C@H]1O. The molecule has 1 aromatic heterocycles. The van der Waals surface area contributed by atoms with Crippen molar-refractivity contribution >= 4 is 25.3 Å². The van der Waals surface area contributed by atoms with Gasteiger partial charge in [-0.05, 0) is 0 Å². The van der Waals surface area contributed by atoms with E-state index in [9.17, 15) is 34.6 Å². The highest BCUT2D eigenvalue weighted by atomic mass is 31.2. The van der Waals surface area contributed by atoms with Gasteiger partial charge in [-0.2, -0.15) is 4.98 Å². The number of phosphoric acid groups is 1. The maximum atomic E-state index is 11.8. The lowest BCUT2D eigenvalue weighted by atomic mass is 10.1. The average molecular weight is 379 g/mol. The number of aliphatic hydroxyl groups is 2. The number of nitrogen functional groups attached to an aromatic ring is 1. The molecule has 140 valence electrons. The summed E-state index contributed by atoms with van der Waals surface area (Å²) in [6.45, 7) is -1.16. The third-order valence-electron chi connectivity index (χ3n) is 3.75. The third-order valence-corrected chi connectivity index (χ3v) is 4.22. The predicted molar refractivity (Wildman–Crippen MR) is 75.1 cm³/mol. The zero-order valence-electron chi connectivity index (χ0n) is 12.4. The maximum Gasteiger partial charge on any atom is 0.280 e. The van der Waals surface area contributed by atoms with Crippen LogP contribution in [0.2, 0.25) is 0 Å². The number of hydroxylamine groups is 1. The number of fused-ring (bicyclic) bond motifs is 1. The number of hydrogen-bond donors (Lipinski definition) is 5. The van der Waals surface area contributed by atoms with Crippen molar-refractivity contribution in [3.63, 3.8) is 0 Å². The van der Waals surface area contributed by atoms with E-state index in [2.05, 4.69) is 14.5 Å². The Morgan fingerprint density at radius 2 is 2.12 bits per heavy atom. The van der Waals surface area contributed by atoms with Gasteiger partial charge >= 0.3 is 0 Å². The Bertz CT molecular complexity index is 768. The number of H-pyrrole nitrogens is 1. The van der Waals surface area contributed by atoms with Crippen LogP contribution in [0, 0.1) is 0 Å². The lowest BCUT2D eigenvalue weighted by Crippen LogP contribution is -2.45. The fourth-order valence-corrected chi connectivity index (χ4v) is 3.01. The summed E-state index contributed by atoms with van der Waals surface area (Å²) < 4.78 is 19.9. The molecule has 4 atom stereocenters. The molecule has 0 amide bonds. The Balaban J connectivity index is 1.84. The summed E-state index contributed by atoms with van der Waals surface area (Å²) in [5.74, 6) is -0.365. The lowest BCUT2D eigenvalue weighted by Gasteiger charge is -2.30. The van der Waals surface area contributed by atoms with Crippen molar-refractivity contribution in [1.82, 2.24) is 9.97 Å². The summed E-state index contributed by atoms with van der Waals surface area (Å²) in [5, 5.41) is 30.5. The highest BCUT2D eigenvalue weighted by Crippen LogP contribution is 2.36. The molecule has 3 heterocycles. The Kier molecular flexibility index (Phi) is 4.47. The van der Waals surface area contributed by atoms with E-state index < -0.39 is 44.5 Å². The summed E-state index contributed by atoms with van der Waals surface area (Å²) in [7, 11) is -5.29. The molecule has 0 bridgehead atoms. The minimum Gasteiger partial charge on any atom is -0.790 e. The van der Waals surface area contributed by atoms with Crippen LogP contribution in [0.4, 0.5) is 17.5 Å². The van der Waals surface area contributed by atoms with Crippen LogP contribution in [0.3, 0.4) is 0 Å². The number of nitrogens with zero attached hydrogens (tertiary/aromatic N) is 3. The van der Waals surface area contributed by atoms with E-state index >= 15 is 0 Å². The third kappa shape index (κ3) is 3.33. The second-order valence-corrected chi connectivity index (χ2v) is 6.58. The Morgan fingerprint density at radius 1 is 1.44 bits per heavy atom. The number of phosphoric ester groups is 1. The van der Waals surface area contributed by atoms with Crippen LogP contribution in [-0.4, -0.2) is 63.2 Å². The van der Waals surface area contributed by atoms with Gasteiger partial charge in [-0.25, -0.2) is 5.06 Å². The number of nitrogens with one attached hydrogen (secondary N) is 1. The van der Waals surface area contributed by atoms with Crippen molar-refractivity contribution in [3.05, 3.63) is 10.4 Å². The molecule has 2 aliphatic heterocycles. The van der Waals surface area contributed by atoms with Gasteiger partial charge in [0.15, 0.2) is 17.7 Å². The van der Waals surface area contributed by atoms with Crippen molar-refractivity contribution in [1.29, 1.82) is 0 Å². The number of aliphatic hydroxyl groups excluding tert-OH is 2. The Morgan fingerprint density at radius 3 is 2.76 bits per heavy atom. The molecule has 14 nitrogen and oxygen atoms in total. The second kappa shape index (κ2) is 6.19. The molecule has 0 unspecified atom stereocenters.